The van der Waals surface area contributed by atoms with Gasteiger partial charge in [-0.3, -0.25) is 4.72 Å². The third kappa shape index (κ3) is 4.19. The lowest BCUT2D eigenvalue weighted by Gasteiger charge is -2.19. The van der Waals surface area contributed by atoms with Crippen molar-refractivity contribution >= 4 is 15.9 Å². The summed E-state index contributed by atoms with van der Waals surface area (Å²) in [6.45, 7) is 6.61. The van der Waals surface area contributed by atoms with E-state index in [-0.39, 0.29) is 6.04 Å². The van der Waals surface area contributed by atoms with Crippen LogP contribution in [0.2, 0.25) is 0 Å². The van der Waals surface area contributed by atoms with Gasteiger partial charge in [-0.05, 0) is 31.7 Å². The quantitative estimate of drug-likeness (QED) is 0.805. The molecule has 0 aliphatic rings. The lowest BCUT2D eigenvalue weighted by molar-refractivity contribution is 0.449. The molecule has 1 atom stereocenters. The van der Waals surface area contributed by atoms with Gasteiger partial charge in [0.2, 0.25) is 0 Å². The van der Waals surface area contributed by atoms with Gasteiger partial charge in [-0.1, -0.05) is 26.0 Å². The van der Waals surface area contributed by atoms with Crippen molar-refractivity contribution in [1.82, 2.24) is 9.62 Å². The molecule has 6 heteroatoms. The molecule has 0 saturated carbocycles. The van der Waals surface area contributed by atoms with Gasteiger partial charge in [-0.15, -0.1) is 0 Å². The fourth-order valence-electron chi connectivity index (χ4n) is 1.78. The molecule has 0 saturated heterocycles. The van der Waals surface area contributed by atoms with E-state index in [2.05, 4.69) is 17.0 Å². The fourth-order valence-corrected chi connectivity index (χ4v) is 3.03. The SMILES string of the molecule is CCN(CC)S(=O)(=O)Nc1ccc(C(C)NC)cc1. The molecule has 1 unspecified atom stereocenters. The zero-order valence-corrected chi connectivity index (χ0v) is 12.8. The van der Waals surface area contributed by atoms with E-state index in [0.29, 0.717) is 18.8 Å². The first kappa shape index (κ1) is 15.9. The molecule has 0 radical (unpaired) electrons. The molecule has 0 amide bonds. The monoisotopic (exact) mass is 285 g/mol. The second-order valence-electron chi connectivity index (χ2n) is 4.32. The molecule has 0 bridgehead atoms. The van der Waals surface area contributed by atoms with E-state index in [0.717, 1.165) is 5.56 Å². The van der Waals surface area contributed by atoms with Crippen LogP contribution in [0.15, 0.2) is 24.3 Å². The van der Waals surface area contributed by atoms with E-state index in [4.69, 9.17) is 0 Å². The Kier molecular flexibility index (Phi) is 5.78. The highest BCUT2D eigenvalue weighted by molar-refractivity contribution is 7.90. The summed E-state index contributed by atoms with van der Waals surface area (Å²) in [6, 6.07) is 7.64. The predicted octanol–water partition coefficient (Wildman–Crippen LogP) is 1.97. The van der Waals surface area contributed by atoms with Gasteiger partial charge < -0.3 is 5.32 Å². The van der Waals surface area contributed by atoms with Crippen LogP contribution in [0.5, 0.6) is 0 Å². The van der Waals surface area contributed by atoms with Crippen molar-refractivity contribution in [2.24, 2.45) is 0 Å². The molecule has 0 aliphatic heterocycles. The zero-order valence-electron chi connectivity index (χ0n) is 12.0. The highest BCUT2D eigenvalue weighted by Gasteiger charge is 2.18. The lowest BCUT2D eigenvalue weighted by atomic mass is 10.1. The Hall–Kier alpha value is -1.11. The van der Waals surface area contributed by atoms with Crippen LogP contribution in [-0.2, 0) is 10.2 Å². The smallest absolute Gasteiger partial charge is 0.301 e. The Bertz CT molecular complexity index is 481. The minimum atomic E-state index is -3.45. The Morgan fingerprint density at radius 1 is 1.16 bits per heavy atom. The maximum Gasteiger partial charge on any atom is 0.301 e. The van der Waals surface area contributed by atoms with Crippen molar-refractivity contribution in [1.29, 1.82) is 0 Å². The summed E-state index contributed by atoms with van der Waals surface area (Å²) in [5.41, 5.74) is 1.70. The summed E-state index contributed by atoms with van der Waals surface area (Å²) in [5.74, 6) is 0. The number of hydrogen-bond donors (Lipinski definition) is 2. The van der Waals surface area contributed by atoms with E-state index in [9.17, 15) is 8.42 Å². The summed E-state index contributed by atoms with van der Waals surface area (Å²) in [6.07, 6.45) is 0. The average molecular weight is 285 g/mol. The summed E-state index contributed by atoms with van der Waals surface area (Å²) in [4.78, 5) is 0. The number of rotatable bonds is 7. The zero-order chi connectivity index (χ0) is 14.5. The summed E-state index contributed by atoms with van der Waals surface area (Å²) >= 11 is 0. The van der Waals surface area contributed by atoms with E-state index >= 15 is 0 Å². The van der Waals surface area contributed by atoms with E-state index in [1.54, 1.807) is 12.1 Å². The van der Waals surface area contributed by atoms with Crippen molar-refractivity contribution in [2.75, 3.05) is 24.9 Å². The molecule has 0 aromatic heterocycles. The molecule has 2 N–H and O–H groups in total. The number of nitrogens with zero attached hydrogens (tertiary/aromatic N) is 1. The van der Waals surface area contributed by atoms with Crippen LogP contribution in [0, 0.1) is 0 Å². The third-order valence-electron chi connectivity index (χ3n) is 3.14. The Morgan fingerprint density at radius 3 is 2.11 bits per heavy atom. The highest BCUT2D eigenvalue weighted by atomic mass is 32.2. The summed E-state index contributed by atoms with van der Waals surface area (Å²) < 4.78 is 28.0. The van der Waals surface area contributed by atoms with Crippen LogP contribution in [-0.4, -0.2) is 32.9 Å². The molecule has 0 heterocycles. The maximum atomic E-state index is 12.0. The van der Waals surface area contributed by atoms with E-state index < -0.39 is 10.2 Å². The first-order chi connectivity index (χ1) is 8.94. The minimum Gasteiger partial charge on any atom is -0.313 e. The van der Waals surface area contributed by atoms with Gasteiger partial charge in [-0.25, -0.2) is 0 Å². The molecule has 5 nitrogen and oxygen atoms in total. The van der Waals surface area contributed by atoms with Crippen molar-refractivity contribution in [3.8, 4) is 0 Å². The molecule has 19 heavy (non-hydrogen) atoms. The van der Waals surface area contributed by atoms with Crippen LogP contribution >= 0.6 is 0 Å². The van der Waals surface area contributed by atoms with Crippen LogP contribution < -0.4 is 10.0 Å². The molecule has 1 aromatic rings. The molecule has 0 spiro atoms. The molecule has 0 aliphatic carbocycles. The second kappa shape index (κ2) is 6.88. The molecule has 0 fully saturated rings. The minimum absolute atomic E-state index is 0.244. The van der Waals surface area contributed by atoms with Crippen LogP contribution in [0.25, 0.3) is 0 Å². The van der Waals surface area contributed by atoms with Gasteiger partial charge in [0.25, 0.3) is 0 Å². The van der Waals surface area contributed by atoms with E-state index in [1.165, 1.54) is 4.31 Å². The van der Waals surface area contributed by atoms with Gasteiger partial charge in [0.1, 0.15) is 0 Å². The highest BCUT2D eigenvalue weighted by Crippen LogP contribution is 2.17. The predicted molar refractivity (Wildman–Crippen MR) is 79.4 cm³/mol. The largest absolute Gasteiger partial charge is 0.313 e. The Morgan fingerprint density at radius 2 is 1.68 bits per heavy atom. The molecule has 108 valence electrons. The van der Waals surface area contributed by atoms with Crippen LogP contribution in [0.1, 0.15) is 32.4 Å². The number of anilines is 1. The molecular formula is C13H23N3O2S. The Labute approximate surface area is 116 Å². The standard InChI is InChI=1S/C13H23N3O2S/c1-5-16(6-2)19(17,18)15-13-9-7-12(8-10-13)11(3)14-4/h7-11,14-15H,5-6H2,1-4H3. The molecular weight excluding hydrogens is 262 g/mol. The first-order valence-electron chi connectivity index (χ1n) is 6.49. The molecule has 1 rings (SSSR count). The van der Waals surface area contributed by atoms with Gasteiger partial charge >= 0.3 is 10.2 Å². The number of benzene rings is 1. The van der Waals surface area contributed by atoms with Crippen molar-refractivity contribution in [3.63, 3.8) is 0 Å². The Balaban J connectivity index is 2.83. The summed E-state index contributed by atoms with van der Waals surface area (Å²) in [7, 11) is -1.56. The van der Waals surface area contributed by atoms with Crippen molar-refractivity contribution in [3.05, 3.63) is 29.8 Å². The van der Waals surface area contributed by atoms with Crippen molar-refractivity contribution < 1.29 is 8.42 Å². The van der Waals surface area contributed by atoms with Gasteiger partial charge in [0.05, 0.1) is 0 Å². The summed E-state index contributed by atoms with van der Waals surface area (Å²) in [5, 5.41) is 3.14. The number of nitrogens with one attached hydrogen (secondary N) is 2. The van der Waals surface area contributed by atoms with Crippen LogP contribution in [0.3, 0.4) is 0 Å². The second-order valence-corrected chi connectivity index (χ2v) is 5.99. The van der Waals surface area contributed by atoms with Crippen molar-refractivity contribution in [2.45, 2.75) is 26.8 Å². The third-order valence-corrected chi connectivity index (χ3v) is 4.83. The first-order valence-corrected chi connectivity index (χ1v) is 7.93. The van der Waals surface area contributed by atoms with Gasteiger partial charge in [-0.2, -0.15) is 12.7 Å². The average Bonchev–Trinajstić information content (AvgIpc) is 2.39. The van der Waals surface area contributed by atoms with Gasteiger partial charge in [0, 0.05) is 24.8 Å². The number of hydrogen-bond acceptors (Lipinski definition) is 3. The topological polar surface area (TPSA) is 61.4 Å². The normalized spacial score (nSPS) is 13.5. The van der Waals surface area contributed by atoms with Gasteiger partial charge in [0.15, 0.2) is 0 Å². The maximum absolute atomic E-state index is 12.0. The van der Waals surface area contributed by atoms with Crippen LogP contribution in [0.4, 0.5) is 5.69 Å². The fraction of sp³-hybridized carbons (Fsp3) is 0.538. The van der Waals surface area contributed by atoms with E-state index in [1.807, 2.05) is 33.0 Å². The lowest BCUT2D eigenvalue weighted by Crippen LogP contribution is -2.35. The molecule has 1 aromatic carbocycles.